The van der Waals surface area contributed by atoms with Gasteiger partial charge in [0.2, 0.25) is 0 Å². The molecule has 0 spiro atoms. The summed E-state index contributed by atoms with van der Waals surface area (Å²) in [6.07, 6.45) is 1.56. The minimum absolute atomic E-state index is 0.244. The van der Waals surface area contributed by atoms with Gasteiger partial charge in [-0.15, -0.1) is 5.10 Å². The number of halogens is 2. The van der Waals surface area contributed by atoms with E-state index in [4.69, 9.17) is 27.9 Å². The molecule has 3 aromatic rings. The molecule has 21 heavy (non-hydrogen) atoms. The molecule has 3 rings (SSSR count). The van der Waals surface area contributed by atoms with Crippen molar-refractivity contribution in [3.8, 4) is 11.6 Å². The molecule has 5 nitrogen and oxygen atoms in total. The SMILES string of the molecule is Clc1cccc(OCc2ncn(-c3cccc(Cl)n3)n2)c1. The molecule has 0 saturated carbocycles. The maximum Gasteiger partial charge on any atom is 0.188 e. The molecule has 0 radical (unpaired) electrons. The molecule has 106 valence electrons. The molecule has 0 N–H and O–H groups in total. The maximum absolute atomic E-state index is 5.89. The Morgan fingerprint density at radius 1 is 1.10 bits per heavy atom. The van der Waals surface area contributed by atoms with Crippen LogP contribution < -0.4 is 4.74 Å². The lowest BCUT2D eigenvalue weighted by Gasteiger charge is -2.03. The minimum atomic E-state index is 0.244. The highest BCUT2D eigenvalue weighted by Gasteiger charge is 2.05. The first-order valence-corrected chi connectivity index (χ1v) is 6.88. The summed E-state index contributed by atoms with van der Waals surface area (Å²) in [4.78, 5) is 8.32. The third kappa shape index (κ3) is 3.51. The lowest BCUT2D eigenvalue weighted by Crippen LogP contribution is -2.01. The van der Waals surface area contributed by atoms with Gasteiger partial charge in [-0.05, 0) is 30.3 Å². The second-order valence-corrected chi connectivity index (χ2v) is 4.99. The van der Waals surface area contributed by atoms with Gasteiger partial charge in [0.15, 0.2) is 11.6 Å². The van der Waals surface area contributed by atoms with E-state index in [0.29, 0.717) is 27.6 Å². The Hall–Kier alpha value is -2.11. The zero-order chi connectivity index (χ0) is 14.7. The number of hydrogen-bond acceptors (Lipinski definition) is 4. The molecular formula is C14H10Cl2N4O. The van der Waals surface area contributed by atoms with Gasteiger partial charge in [-0.3, -0.25) is 0 Å². The quantitative estimate of drug-likeness (QED) is 0.690. The molecule has 0 saturated heterocycles. The third-order valence-corrected chi connectivity index (χ3v) is 3.08. The van der Waals surface area contributed by atoms with Crippen LogP contribution in [0.5, 0.6) is 5.75 Å². The number of nitrogens with zero attached hydrogens (tertiary/aromatic N) is 4. The first kappa shape index (κ1) is 13.9. The Bertz CT molecular complexity index is 760. The lowest BCUT2D eigenvalue weighted by atomic mass is 10.3. The second-order valence-electron chi connectivity index (χ2n) is 4.17. The number of ether oxygens (including phenoxy) is 1. The molecule has 7 heteroatoms. The van der Waals surface area contributed by atoms with Crippen LogP contribution in [0.2, 0.25) is 10.2 Å². The molecular weight excluding hydrogens is 311 g/mol. The Kier molecular flexibility index (Phi) is 4.03. The van der Waals surface area contributed by atoms with E-state index in [1.807, 2.05) is 12.1 Å². The third-order valence-electron chi connectivity index (χ3n) is 2.64. The van der Waals surface area contributed by atoms with Crippen LogP contribution in [0.15, 0.2) is 48.8 Å². The standard InChI is InChI=1S/C14H10Cl2N4O/c15-10-3-1-4-11(7-10)21-8-13-17-9-20(19-13)14-6-2-5-12(16)18-14/h1-7,9H,8H2. The Labute approximate surface area is 131 Å². The Morgan fingerprint density at radius 2 is 1.95 bits per heavy atom. The van der Waals surface area contributed by atoms with Crippen LogP contribution in [0.25, 0.3) is 5.82 Å². The number of benzene rings is 1. The smallest absolute Gasteiger partial charge is 0.188 e. The molecule has 2 heterocycles. The summed E-state index contributed by atoms with van der Waals surface area (Å²) >= 11 is 11.7. The molecule has 1 aromatic carbocycles. The highest BCUT2D eigenvalue weighted by molar-refractivity contribution is 6.30. The van der Waals surface area contributed by atoms with Crippen LogP contribution in [-0.4, -0.2) is 19.7 Å². The van der Waals surface area contributed by atoms with Crippen molar-refractivity contribution in [1.29, 1.82) is 0 Å². The van der Waals surface area contributed by atoms with E-state index in [1.54, 1.807) is 41.3 Å². The van der Waals surface area contributed by atoms with Gasteiger partial charge in [-0.2, -0.15) is 0 Å². The van der Waals surface area contributed by atoms with Crippen molar-refractivity contribution in [3.05, 3.63) is 64.8 Å². The van der Waals surface area contributed by atoms with E-state index in [-0.39, 0.29) is 6.61 Å². The van der Waals surface area contributed by atoms with Gasteiger partial charge in [0.1, 0.15) is 23.8 Å². The van der Waals surface area contributed by atoms with Crippen LogP contribution in [0, 0.1) is 0 Å². The van der Waals surface area contributed by atoms with Gasteiger partial charge >= 0.3 is 0 Å². The zero-order valence-electron chi connectivity index (χ0n) is 10.8. The van der Waals surface area contributed by atoms with Crippen molar-refractivity contribution in [3.63, 3.8) is 0 Å². The summed E-state index contributed by atoms with van der Waals surface area (Å²) in [5, 5.41) is 5.31. The van der Waals surface area contributed by atoms with Gasteiger partial charge in [0.25, 0.3) is 0 Å². The van der Waals surface area contributed by atoms with E-state index in [2.05, 4.69) is 15.1 Å². The summed E-state index contributed by atoms with van der Waals surface area (Å²) < 4.78 is 7.12. The molecule has 0 bridgehead atoms. The van der Waals surface area contributed by atoms with Crippen LogP contribution in [0.3, 0.4) is 0 Å². The highest BCUT2D eigenvalue weighted by Crippen LogP contribution is 2.18. The predicted molar refractivity (Wildman–Crippen MR) is 79.9 cm³/mol. The molecule has 0 aliphatic rings. The van der Waals surface area contributed by atoms with Gasteiger partial charge in [0, 0.05) is 5.02 Å². The predicted octanol–water partition coefficient (Wildman–Crippen LogP) is 3.55. The summed E-state index contributed by atoms with van der Waals surface area (Å²) in [6.45, 7) is 0.244. The van der Waals surface area contributed by atoms with Crippen LogP contribution in [0.4, 0.5) is 0 Å². The second kappa shape index (κ2) is 6.11. The average molecular weight is 321 g/mol. The van der Waals surface area contributed by atoms with Crippen LogP contribution in [0.1, 0.15) is 5.82 Å². The van der Waals surface area contributed by atoms with Crippen molar-refractivity contribution >= 4 is 23.2 Å². The summed E-state index contributed by atoms with van der Waals surface area (Å²) in [5.41, 5.74) is 0. The van der Waals surface area contributed by atoms with Gasteiger partial charge < -0.3 is 4.74 Å². The normalized spacial score (nSPS) is 10.6. The monoisotopic (exact) mass is 320 g/mol. The molecule has 0 fully saturated rings. The van der Waals surface area contributed by atoms with E-state index in [9.17, 15) is 0 Å². The van der Waals surface area contributed by atoms with Gasteiger partial charge in [0.05, 0.1) is 0 Å². The van der Waals surface area contributed by atoms with Gasteiger partial charge in [-0.1, -0.05) is 35.3 Å². The fourth-order valence-electron chi connectivity index (χ4n) is 1.70. The van der Waals surface area contributed by atoms with Gasteiger partial charge in [-0.25, -0.2) is 14.6 Å². The maximum atomic E-state index is 5.89. The van der Waals surface area contributed by atoms with Crippen molar-refractivity contribution in [2.24, 2.45) is 0 Å². The number of hydrogen-bond donors (Lipinski definition) is 0. The first-order chi connectivity index (χ1) is 10.2. The molecule has 0 aliphatic heterocycles. The molecule has 0 atom stereocenters. The largest absolute Gasteiger partial charge is 0.485 e. The van der Waals surface area contributed by atoms with Crippen LogP contribution in [-0.2, 0) is 6.61 Å². The Balaban J connectivity index is 1.71. The fraction of sp³-hybridized carbons (Fsp3) is 0.0714. The van der Waals surface area contributed by atoms with E-state index in [0.717, 1.165) is 0 Å². The molecule has 2 aromatic heterocycles. The first-order valence-electron chi connectivity index (χ1n) is 6.12. The fourth-order valence-corrected chi connectivity index (χ4v) is 2.04. The van der Waals surface area contributed by atoms with Crippen molar-refractivity contribution < 1.29 is 4.74 Å². The van der Waals surface area contributed by atoms with E-state index < -0.39 is 0 Å². The number of rotatable bonds is 4. The van der Waals surface area contributed by atoms with E-state index >= 15 is 0 Å². The van der Waals surface area contributed by atoms with Crippen molar-refractivity contribution in [2.45, 2.75) is 6.61 Å². The average Bonchev–Trinajstić information content (AvgIpc) is 2.94. The number of pyridine rings is 1. The highest BCUT2D eigenvalue weighted by atomic mass is 35.5. The van der Waals surface area contributed by atoms with Crippen molar-refractivity contribution in [2.75, 3.05) is 0 Å². The topological polar surface area (TPSA) is 52.8 Å². The summed E-state index contributed by atoms with van der Waals surface area (Å²) in [7, 11) is 0. The molecule has 0 aliphatic carbocycles. The van der Waals surface area contributed by atoms with E-state index in [1.165, 1.54) is 0 Å². The Morgan fingerprint density at radius 3 is 2.76 bits per heavy atom. The van der Waals surface area contributed by atoms with Crippen LogP contribution >= 0.6 is 23.2 Å². The summed E-state index contributed by atoms with van der Waals surface area (Å²) in [6, 6.07) is 12.5. The zero-order valence-corrected chi connectivity index (χ0v) is 12.3. The minimum Gasteiger partial charge on any atom is -0.485 e. The molecule has 0 amide bonds. The molecule has 0 unspecified atom stereocenters. The van der Waals surface area contributed by atoms with Crippen molar-refractivity contribution in [1.82, 2.24) is 19.7 Å². The number of aromatic nitrogens is 4. The summed E-state index contributed by atoms with van der Waals surface area (Å²) in [5.74, 6) is 1.81. The lowest BCUT2D eigenvalue weighted by molar-refractivity contribution is 0.296.